The minimum Gasteiger partial charge on any atom is -0.203 e. The lowest BCUT2D eigenvalue weighted by molar-refractivity contribution is 0.446. The Morgan fingerprint density at radius 3 is 0.823 bits per heavy atom. The van der Waals surface area contributed by atoms with Gasteiger partial charge < -0.3 is 0 Å². The van der Waals surface area contributed by atoms with Gasteiger partial charge in [-0.05, 0) is 69.7 Å². The molecule has 0 radical (unpaired) electrons. The number of halogens is 8. The predicted octanol–water partition coefficient (Wildman–Crippen LogP) is 15.9. The quantitative estimate of drug-likeness (QED) is 0.0526. The van der Waals surface area contributed by atoms with Crippen molar-refractivity contribution in [2.24, 2.45) is 0 Å². The number of hydrogen-bond acceptors (Lipinski definition) is 0. The topological polar surface area (TPSA) is 0 Å². The van der Waals surface area contributed by atoms with Gasteiger partial charge in [0.2, 0.25) is 0 Å². The number of benzene rings is 6. The maximum atomic E-state index is 15.7. The summed E-state index contributed by atoms with van der Waals surface area (Å²) in [5.74, 6) is -10.4. The Bertz CT molecular complexity index is 2470. The Kier molecular flexibility index (Phi) is 14.2. The third-order valence-electron chi connectivity index (χ3n) is 11.0. The van der Waals surface area contributed by atoms with Crippen LogP contribution in [0.4, 0.5) is 35.1 Å². The molecule has 0 heterocycles. The normalized spacial score (nSPS) is 11.5. The number of unbranched alkanes of at least 4 members (excludes halogenated alkanes) is 2. The van der Waals surface area contributed by atoms with Crippen molar-refractivity contribution >= 4 is 16.1 Å². The van der Waals surface area contributed by atoms with E-state index in [9.17, 15) is 0 Å². The molecule has 0 fully saturated rings. The Morgan fingerprint density at radius 2 is 0.565 bits per heavy atom. The fourth-order valence-corrected chi connectivity index (χ4v) is 10.9. The number of rotatable bonds is 11. The SMILES string of the molecule is CCCC[Si](C)(C)C#Cc1ccc(-c2ccc(-c3c(F)c(F)c(-c4c(F)c(F)c(-c5ccc(-c6ccc(C#C[Si](C)(C)CCCC)cc6)cc5)c(F)c4F)c(F)c3F)cc2)cc1. The van der Waals surface area contributed by atoms with Crippen molar-refractivity contribution in [1.29, 1.82) is 0 Å². The molecule has 6 rings (SSSR count). The van der Waals surface area contributed by atoms with Crippen molar-refractivity contribution in [3.63, 3.8) is 0 Å². The van der Waals surface area contributed by atoms with E-state index in [-0.39, 0.29) is 11.1 Å². The van der Waals surface area contributed by atoms with E-state index in [2.05, 4.69) is 63.0 Å². The summed E-state index contributed by atoms with van der Waals surface area (Å²) in [6.07, 6.45) is 4.49. The van der Waals surface area contributed by atoms with Crippen molar-refractivity contribution in [3.8, 4) is 78.6 Å². The summed E-state index contributed by atoms with van der Waals surface area (Å²) in [6.45, 7) is 13.2. The fourth-order valence-electron chi connectivity index (χ4n) is 7.21. The van der Waals surface area contributed by atoms with E-state index in [0.29, 0.717) is 11.1 Å². The van der Waals surface area contributed by atoms with E-state index >= 15 is 35.1 Å². The highest BCUT2D eigenvalue weighted by atomic mass is 28.3. The highest BCUT2D eigenvalue weighted by molar-refractivity contribution is 6.85. The van der Waals surface area contributed by atoms with Gasteiger partial charge in [-0.25, -0.2) is 35.1 Å². The van der Waals surface area contributed by atoms with Crippen molar-refractivity contribution in [2.45, 2.75) is 77.8 Å². The maximum Gasteiger partial charge on any atom is 0.170 e. The molecule has 0 N–H and O–H groups in total. The molecule has 6 aromatic rings. The van der Waals surface area contributed by atoms with E-state index in [1.165, 1.54) is 48.5 Å². The zero-order valence-electron chi connectivity index (χ0n) is 35.5. The summed E-state index contributed by atoms with van der Waals surface area (Å²) in [5.41, 5.74) is 4.50. The second-order valence-corrected chi connectivity index (χ2v) is 25.8. The highest BCUT2D eigenvalue weighted by Gasteiger charge is 2.35. The molecule has 0 unspecified atom stereocenters. The zero-order valence-corrected chi connectivity index (χ0v) is 37.5. The average Bonchev–Trinajstić information content (AvgIpc) is 3.27. The molecule has 0 aliphatic carbocycles. The predicted molar refractivity (Wildman–Crippen MR) is 241 cm³/mol. The van der Waals surface area contributed by atoms with Crippen LogP contribution in [0.15, 0.2) is 97.1 Å². The summed E-state index contributed by atoms with van der Waals surface area (Å²) in [4.78, 5) is 0. The first kappa shape index (κ1) is 45.8. The third kappa shape index (κ3) is 9.99. The molecule has 0 aliphatic rings. The largest absolute Gasteiger partial charge is 0.203 e. The lowest BCUT2D eigenvalue weighted by Gasteiger charge is -2.16. The van der Waals surface area contributed by atoms with Crippen molar-refractivity contribution in [2.75, 3.05) is 0 Å². The third-order valence-corrected chi connectivity index (χ3v) is 15.8. The molecular formula is C52H46F8Si2. The number of hydrogen-bond donors (Lipinski definition) is 0. The molecule has 0 amide bonds. The van der Waals surface area contributed by atoms with Gasteiger partial charge in [-0.3, -0.25) is 0 Å². The molecular weight excluding hydrogens is 833 g/mol. The molecule has 0 saturated heterocycles. The van der Waals surface area contributed by atoms with Gasteiger partial charge in [0.25, 0.3) is 0 Å². The molecule has 0 bridgehead atoms. The van der Waals surface area contributed by atoms with Gasteiger partial charge in [0.05, 0.1) is 22.3 Å². The van der Waals surface area contributed by atoms with Crippen LogP contribution in [0.5, 0.6) is 0 Å². The van der Waals surface area contributed by atoms with Crippen LogP contribution in [0.1, 0.15) is 50.7 Å². The van der Waals surface area contributed by atoms with Crippen LogP contribution < -0.4 is 0 Å². The van der Waals surface area contributed by atoms with Crippen molar-refractivity contribution in [3.05, 3.63) is 155 Å². The van der Waals surface area contributed by atoms with E-state index < -0.39 is 84.9 Å². The summed E-state index contributed by atoms with van der Waals surface area (Å²) in [5, 5.41) is 0. The van der Waals surface area contributed by atoms with Crippen molar-refractivity contribution < 1.29 is 35.1 Å². The highest BCUT2D eigenvalue weighted by Crippen LogP contribution is 2.43. The molecule has 0 aliphatic heterocycles. The lowest BCUT2D eigenvalue weighted by Crippen LogP contribution is -2.22. The average molecular weight is 879 g/mol. The van der Waals surface area contributed by atoms with Crippen LogP contribution in [-0.4, -0.2) is 16.1 Å². The van der Waals surface area contributed by atoms with Gasteiger partial charge in [-0.2, -0.15) is 0 Å². The molecule has 0 atom stereocenters. The van der Waals surface area contributed by atoms with Crippen LogP contribution in [-0.2, 0) is 0 Å². The Labute approximate surface area is 361 Å². The second-order valence-electron chi connectivity index (χ2n) is 16.8. The molecule has 0 aromatic heterocycles. The van der Waals surface area contributed by atoms with Gasteiger partial charge in [0.15, 0.2) is 46.5 Å². The first-order valence-corrected chi connectivity index (χ1v) is 27.1. The lowest BCUT2D eigenvalue weighted by atomic mass is 9.93. The van der Waals surface area contributed by atoms with Gasteiger partial charge in [-0.15, -0.1) is 11.1 Å². The minimum atomic E-state index is -2.23. The first-order chi connectivity index (χ1) is 29.5. The Morgan fingerprint density at radius 1 is 0.339 bits per heavy atom. The van der Waals surface area contributed by atoms with Gasteiger partial charge in [0, 0.05) is 11.1 Å². The summed E-state index contributed by atoms with van der Waals surface area (Å²) in [7, 11) is -3.31. The summed E-state index contributed by atoms with van der Waals surface area (Å²) >= 11 is 0. The van der Waals surface area contributed by atoms with Crippen LogP contribution >= 0.6 is 0 Å². The summed E-state index contributed by atoms with van der Waals surface area (Å²) < 4.78 is 125. The van der Waals surface area contributed by atoms with Crippen LogP contribution in [0.25, 0.3) is 55.6 Å². The van der Waals surface area contributed by atoms with Crippen LogP contribution in [0, 0.1) is 69.5 Å². The molecule has 0 spiro atoms. The minimum absolute atomic E-state index is 0.292. The first-order valence-electron chi connectivity index (χ1n) is 20.7. The van der Waals surface area contributed by atoms with E-state index in [4.69, 9.17) is 0 Å². The molecule has 6 aromatic carbocycles. The molecule has 0 nitrogen and oxygen atoms in total. The smallest absolute Gasteiger partial charge is 0.170 e. The van der Waals surface area contributed by atoms with E-state index in [1.54, 1.807) is 0 Å². The maximum absolute atomic E-state index is 15.7. The standard InChI is InChI=1S/C52H46F8Si2/c1-7-9-29-61(3,4)31-27-33-11-15-35(16-12-33)37-19-23-39(24-20-37)41-45(53)49(57)43(50(58)46(41)54)44-51(59)47(55)42(48(56)52(44)60)40-25-21-38(22-26-40)36-17-13-34(14-18-36)28-32-62(5,6)30-10-8-2/h11-26H,7-10,29-30H2,1-6H3. The molecule has 10 heteroatoms. The molecule has 0 saturated carbocycles. The van der Waals surface area contributed by atoms with Crippen LogP contribution in [0.3, 0.4) is 0 Å². The van der Waals surface area contributed by atoms with Gasteiger partial charge in [-0.1, -0.05) is 150 Å². The van der Waals surface area contributed by atoms with E-state index in [0.717, 1.165) is 60.0 Å². The van der Waals surface area contributed by atoms with Crippen molar-refractivity contribution in [1.82, 2.24) is 0 Å². The van der Waals surface area contributed by atoms with Crippen LogP contribution in [0.2, 0.25) is 38.3 Å². The Hall–Kier alpha value is -5.69. The molecule has 62 heavy (non-hydrogen) atoms. The zero-order chi connectivity index (χ0) is 44.9. The fraction of sp³-hybridized carbons (Fsp3) is 0.231. The Balaban J connectivity index is 1.26. The van der Waals surface area contributed by atoms with Gasteiger partial charge in [0.1, 0.15) is 16.1 Å². The van der Waals surface area contributed by atoms with E-state index in [1.807, 2.05) is 48.5 Å². The summed E-state index contributed by atoms with van der Waals surface area (Å²) in [6, 6.07) is 27.8. The molecule has 318 valence electrons. The van der Waals surface area contributed by atoms with Gasteiger partial charge >= 0.3 is 0 Å². The monoisotopic (exact) mass is 878 g/mol. The second kappa shape index (κ2) is 19.1.